The van der Waals surface area contributed by atoms with Crippen molar-refractivity contribution in [3.8, 4) is 0 Å². The third kappa shape index (κ3) is 12.0. The monoisotopic (exact) mass is 694 g/mol. The van der Waals surface area contributed by atoms with Crippen molar-refractivity contribution in [3.05, 3.63) is 12.7 Å². The molecule has 1 fully saturated rings. The molecule has 0 unspecified atom stereocenters. The third-order valence-electron chi connectivity index (χ3n) is 8.69. The van der Waals surface area contributed by atoms with Crippen LogP contribution in [0.3, 0.4) is 0 Å². The van der Waals surface area contributed by atoms with Crippen LogP contribution in [0.25, 0.3) is 0 Å². The fourth-order valence-electron chi connectivity index (χ4n) is 5.93. The predicted octanol–water partition coefficient (Wildman–Crippen LogP) is 4.18. The topological polar surface area (TPSA) is 152 Å². The first-order valence-corrected chi connectivity index (χ1v) is 17.4. The van der Waals surface area contributed by atoms with Crippen molar-refractivity contribution in [3.63, 3.8) is 0 Å². The summed E-state index contributed by atoms with van der Waals surface area (Å²) in [5.74, 6) is -4.16. The normalized spacial score (nSPS) is 17.9. The number of likely N-dealkylation sites (N-methyl/N-ethyl adjacent to an activating group) is 2. The van der Waals surface area contributed by atoms with E-state index in [4.69, 9.17) is 14.2 Å². The highest BCUT2D eigenvalue weighted by Crippen LogP contribution is 2.27. The summed E-state index contributed by atoms with van der Waals surface area (Å²) >= 11 is 0. The van der Waals surface area contributed by atoms with E-state index in [0.717, 1.165) is 0 Å². The fourth-order valence-corrected chi connectivity index (χ4v) is 5.93. The molecule has 4 amide bonds. The molecule has 6 atom stereocenters. The Morgan fingerprint density at radius 3 is 1.92 bits per heavy atom. The summed E-state index contributed by atoms with van der Waals surface area (Å²) in [7, 11) is 2.99. The molecule has 13 nitrogen and oxygen atoms in total. The van der Waals surface area contributed by atoms with Crippen LogP contribution in [0.5, 0.6) is 0 Å². The minimum absolute atomic E-state index is 0.0105. The average molecular weight is 695 g/mol. The van der Waals surface area contributed by atoms with Gasteiger partial charge in [-0.15, -0.1) is 0 Å². The minimum Gasteiger partial charge on any atom is -0.460 e. The van der Waals surface area contributed by atoms with Gasteiger partial charge in [-0.25, -0.2) is 14.4 Å². The van der Waals surface area contributed by atoms with Crippen LogP contribution in [0.2, 0.25) is 0 Å². The third-order valence-corrected chi connectivity index (χ3v) is 8.69. The van der Waals surface area contributed by atoms with Crippen molar-refractivity contribution in [1.82, 2.24) is 20.0 Å². The van der Waals surface area contributed by atoms with Crippen molar-refractivity contribution in [2.75, 3.05) is 27.2 Å². The zero-order valence-electron chi connectivity index (χ0n) is 32.0. The zero-order chi connectivity index (χ0) is 38.0. The first kappa shape index (κ1) is 43.4. The molecular formula is C36H62N4O9. The van der Waals surface area contributed by atoms with Crippen molar-refractivity contribution >= 4 is 35.8 Å². The Morgan fingerprint density at radius 1 is 0.898 bits per heavy atom. The lowest BCUT2D eigenvalue weighted by Crippen LogP contribution is -2.58. The fraction of sp³-hybridized carbons (Fsp3) is 0.778. The Hall–Kier alpha value is -3.64. The Balaban J connectivity index is 3.31. The van der Waals surface area contributed by atoms with Gasteiger partial charge in [0.15, 0.2) is 6.10 Å². The van der Waals surface area contributed by atoms with Gasteiger partial charge in [-0.2, -0.15) is 0 Å². The molecule has 0 aromatic rings. The molecule has 1 saturated heterocycles. The van der Waals surface area contributed by atoms with Crippen LogP contribution in [0, 0.1) is 23.7 Å². The van der Waals surface area contributed by atoms with Crippen molar-refractivity contribution in [1.29, 1.82) is 0 Å². The van der Waals surface area contributed by atoms with E-state index in [-0.39, 0.29) is 25.0 Å². The Bertz CT molecular complexity index is 1180. The predicted molar refractivity (Wildman–Crippen MR) is 186 cm³/mol. The summed E-state index contributed by atoms with van der Waals surface area (Å²) in [5.41, 5.74) is -0.774. The number of carbonyl (C=O) groups is 6. The Morgan fingerprint density at radius 2 is 1.45 bits per heavy atom. The molecule has 1 heterocycles. The summed E-state index contributed by atoms with van der Waals surface area (Å²) in [6.07, 6.45) is 0.906. The molecule has 0 aromatic carbocycles. The first-order valence-electron chi connectivity index (χ1n) is 17.4. The molecule has 0 saturated carbocycles. The van der Waals surface area contributed by atoms with Crippen molar-refractivity contribution in [2.45, 2.75) is 131 Å². The molecule has 1 rings (SSSR count). The Labute approximate surface area is 293 Å². The van der Waals surface area contributed by atoms with Gasteiger partial charge in [0, 0.05) is 26.6 Å². The van der Waals surface area contributed by atoms with Gasteiger partial charge in [-0.05, 0) is 57.8 Å². The summed E-state index contributed by atoms with van der Waals surface area (Å²) in [6, 6.07) is -3.79. The Kier molecular flexibility index (Phi) is 16.8. The van der Waals surface area contributed by atoms with E-state index in [1.165, 1.54) is 34.9 Å². The number of likely N-dealkylation sites (tertiary alicyclic amines) is 1. The molecule has 13 heteroatoms. The lowest BCUT2D eigenvalue weighted by molar-refractivity contribution is -0.172. The number of alkyl carbamates (subject to hydrolysis) is 1. The van der Waals surface area contributed by atoms with E-state index >= 15 is 0 Å². The lowest BCUT2D eigenvalue weighted by Gasteiger charge is -2.37. The smallest absolute Gasteiger partial charge is 0.408 e. The molecular weight excluding hydrogens is 632 g/mol. The van der Waals surface area contributed by atoms with Gasteiger partial charge >= 0.3 is 18.0 Å². The average Bonchev–Trinajstić information content (AvgIpc) is 3.48. The van der Waals surface area contributed by atoms with Crippen LogP contribution in [-0.4, -0.2) is 114 Å². The van der Waals surface area contributed by atoms with E-state index in [2.05, 4.69) is 11.9 Å². The lowest BCUT2D eigenvalue weighted by atomic mass is 9.97. The summed E-state index contributed by atoms with van der Waals surface area (Å²) in [5, 5.41) is 2.63. The van der Waals surface area contributed by atoms with Crippen LogP contribution >= 0.6 is 0 Å². The molecule has 1 aliphatic rings. The van der Waals surface area contributed by atoms with E-state index in [9.17, 15) is 28.8 Å². The standard InChI is InChI=1S/C36H62N4O9/c1-15-20-47-33(44)27(22(5)6)38(13)30(41)25-18-17-19-40(25)32(43)29(24(9)16-2)48-34(45)28(23(7)8)39(14)31(42)26(21(3)4)37-35(46)49-36(10,11)12/h15,21-29H,1,16-20H2,2-14H3,(H,37,46)/t24-,25-,26-,27-,28-,29+/m0/s1. The molecule has 280 valence electrons. The zero-order valence-corrected chi connectivity index (χ0v) is 32.0. The number of amides is 4. The summed E-state index contributed by atoms with van der Waals surface area (Å²) < 4.78 is 16.6. The van der Waals surface area contributed by atoms with Crippen LogP contribution in [-0.2, 0) is 38.2 Å². The van der Waals surface area contributed by atoms with Gasteiger partial charge in [0.2, 0.25) is 11.8 Å². The second-order valence-electron chi connectivity index (χ2n) is 15.0. The minimum atomic E-state index is -1.22. The maximum atomic E-state index is 14.2. The SMILES string of the molecule is C=CCOC(=O)[C@H](C(C)C)N(C)C(=O)[C@@H]1CCCN1C(=O)[C@H](OC(=O)[C@H](C(C)C)N(C)C(=O)[C@@H](NC(=O)OC(C)(C)C)C(C)C)[C@@H](C)CC. The molecule has 0 radical (unpaired) electrons. The summed E-state index contributed by atoms with van der Waals surface area (Å²) in [6.45, 7) is 23.3. The van der Waals surface area contributed by atoms with Gasteiger partial charge < -0.3 is 34.2 Å². The molecule has 49 heavy (non-hydrogen) atoms. The van der Waals surface area contributed by atoms with E-state index in [1.54, 1.807) is 55.4 Å². The largest absolute Gasteiger partial charge is 0.460 e. The van der Waals surface area contributed by atoms with Gasteiger partial charge in [-0.3, -0.25) is 14.4 Å². The van der Waals surface area contributed by atoms with Crippen LogP contribution in [0.4, 0.5) is 4.79 Å². The number of rotatable bonds is 16. The van der Waals surface area contributed by atoms with E-state index in [0.29, 0.717) is 19.3 Å². The second-order valence-corrected chi connectivity index (χ2v) is 15.0. The van der Waals surface area contributed by atoms with E-state index < -0.39 is 83.5 Å². The highest BCUT2D eigenvalue weighted by Gasteiger charge is 2.45. The van der Waals surface area contributed by atoms with Crippen molar-refractivity contribution in [2.24, 2.45) is 23.7 Å². The second kappa shape index (κ2) is 18.9. The van der Waals surface area contributed by atoms with Gasteiger partial charge in [0.1, 0.15) is 36.4 Å². The van der Waals surface area contributed by atoms with Crippen molar-refractivity contribution < 1.29 is 43.0 Å². The highest BCUT2D eigenvalue weighted by molar-refractivity contribution is 5.94. The summed E-state index contributed by atoms with van der Waals surface area (Å²) in [4.78, 5) is 85.0. The van der Waals surface area contributed by atoms with Gasteiger partial charge in [0.05, 0.1) is 0 Å². The number of nitrogens with zero attached hydrogens (tertiary/aromatic N) is 3. The number of carbonyl (C=O) groups excluding carboxylic acids is 6. The van der Waals surface area contributed by atoms with Crippen LogP contribution in [0.1, 0.15) is 95.4 Å². The maximum Gasteiger partial charge on any atom is 0.408 e. The highest BCUT2D eigenvalue weighted by atomic mass is 16.6. The van der Waals surface area contributed by atoms with Gasteiger partial charge in [-0.1, -0.05) is 68.0 Å². The molecule has 0 aliphatic carbocycles. The molecule has 1 aliphatic heterocycles. The molecule has 0 aromatic heterocycles. The van der Waals surface area contributed by atoms with Gasteiger partial charge in [0.25, 0.3) is 5.91 Å². The first-order chi connectivity index (χ1) is 22.6. The molecule has 0 spiro atoms. The molecule has 0 bridgehead atoms. The maximum absolute atomic E-state index is 14.2. The van der Waals surface area contributed by atoms with Crippen LogP contribution < -0.4 is 5.32 Å². The number of ether oxygens (including phenoxy) is 3. The van der Waals surface area contributed by atoms with E-state index in [1.807, 2.05) is 20.8 Å². The quantitative estimate of drug-likeness (QED) is 0.143. The molecule has 1 N–H and O–H groups in total. The number of esters is 2. The van der Waals surface area contributed by atoms with Crippen LogP contribution in [0.15, 0.2) is 12.7 Å². The number of hydrogen-bond donors (Lipinski definition) is 1. The number of nitrogens with one attached hydrogen (secondary N) is 1. The number of hydrogen-bond acceptors (Lipinski definition) is 9.